The maximum atomic E-state index is 12.7. The zero-order chi connectivity index (χ0) is 17.8. The number of nitrogens with zero attached hydrogens (tertiary/aromatic N) is 6. The van der Waals surface area contributed by atoms with Gasteiger partial charge in [0.25, 0.3) is 5.56 Å². The van der Waals surface area contributed by atoms with Crippen molar-refractivity contribution in [3.63, 3.8) is 0 Å². The third kappa shape index (κ3) is 2.28. The lowest BCUT2D eigenvalue weighted by Crippen LogP contribution is -2.38. The molecule has 0 unspecified atom stereocenters. The Morgan fingerprint density at radius 3 is 2.46 bits per heavy atom. The summed E-state index contributed by atoms with van der Waals surface area (Å²) in [5.41, 5.74) is 1.08. The molecule has 8 nitrogen and oxygen atoms in total. The first-order chi connectivity index (χ1) is 11.2. The van der Waals surface area contributed by atoms with Gasteiger partial charge >= 0.3 is 5.69 Å². The van der Waals surface area contributed by atoms with Crippen LogP contribution in [0.25, 0.3) is 11.2 Å². The molecule has 1 aliphatic heterocycles. The second kappa shape index (κ2) is 5.61. The SMILES string of the molecule is CC1=NN(CCC(C)C)c2nc3c(c(=O)n(C)c(=O)n3C)n2[C@H]1C. The number of anilines is 1. The Balaban J connectivity index is 2.30. The van der Waals surface area contributed by atoms with E-state index in [9.17, 15) is 9.59 Å². The Kier molecular flexibility index (Phi) is 3.85. The van der Waals surface area contributed by atoms with E-state index in [1.807, 2.05) is 23.4 Å². The van der Waals surface area contributed by atoms with Gasteiger partial charge < -0.3 is 0 Å². The molecule has 3 heterocycles. The molecule has 0 fully saturated rings. The minimum atomic E-state index is -0.373. The Labute approximate surface area is 140 Å². The largest absolute Gasteiger partial charge is 0.332 e. The molecular formula is C16H24N6O2. The number of aryl methyl sites for hydroxylation is 1. The van der Waals surface area contributed by atoms with E-state index in [4.69, 9.17) is 0 Å². The highest BCUT2D eigenvalue weighted by molar-refractivity contribution is 5.90. The predicted molar refractivity (Wildman–Crippen MR) is 94.8 cm³/mol. The molecule has 0 amide bonds. The van der Waals surface area contributed by atoms with Crippen LogP contribution in [0.2, 0.25) is 0 Å². The second-order valence-electron chi connectivity index (χ2n) is 6.88. The van der Waals surface area contributed by atoms with Crippen molar-refractivity contribution in [3.05, 3.63) is 20.8 Å². The van der Waals surface area contributed by atoms with Crippen molar-refractivity contribution >= 4 is 22.8 Å². The minimum absolute atomic E-state index is 0.0782. The first-order valence-corrected chi connectivity index (χ1v) is 8.24. The number of hydrogen-bond donors (Lipinski definition) is 0. The zero-order valence-corrected chi connectivity index (χ0v) is 15.1. The Morgan fingerprint density at radius 2 is 1.83 bits per heavy atom. The molecule has 1 atom stereocenters. The van der Waals surface area contributed by atoms with Gasteiger partial charge in [0.05, 0.1) is 11.8 Å². The van der Waals surface area contributed by atoms with Gasteiger partial charge in [0.1, 0.15) is 0 Å². The van der Waals surface area contributed by atoms with Gasteiger partial charge in [-0.3, -0.25) is 18.5 Å². The van der Waals surface area contributed by atoms with E-state index < -0.39 is 0 Å². The molecule has 0 saturated heterocycles. The number of hydrazone groups is 1. The van der Waals surface area contributed by atoms with Crippen LogP contribution in [0.4, 0.5) is 5.95 Å². The van der Waals surface area contributed by atoms with Gasteiger partial charge in [-0.25, -0.2) is 9.80 Å². The summed E-state index contributed by atoms with van der Waals surface area (Å²) in [5.74, 6) is 1.16. The lowest BCUT2D eigenvalue weighted by molar-refractivity contribution is 0.554. The van der Waals surface area contributed by atoms with Crippen molar-refractivity contribution in [1.82, 2.24) is 18.7 Å². The van der Waals surface area contributed by atoms with Crippen LogP contribution in [0, 0.1) is 5.92 Å². The molecule has 0 spiro atoms. The summed E-state index contributed by atoms with van der Waals surface area (Å²) in [7, 11) is 3.13. The van der Waals surface area contributed by atoms with Crippen LogP contribution in [0.1, 0.15) is 40.2 Å². The fraction of sp³-hybridized carbons (Fsp3) is 0.625. The molecule has 0 saturated carbocycles. The first kappa shape index (κ1) is 16.5. The van der Waals surface area contributed by atoms with Crippen molar-refractivity contribution in [2.45, 2.75) is 40.2 Å². The number of imidazole rings is 1. The van der Waals surface area contributed by atoms with Crippen LogP contribution >= 0.6 is 0 Å². The zero-order valence-electron chi connectivity index (χ0n) is 15.1. The average Bonchev–Trinajstić information content (AvgIpc) is 2.93. The van der Waals surface area contributed by atoms with Gasteiger partial charge in [-0.05, 0) is 26.2 Å². The van der Waals surface area contributed by atoms with Gasteiger partial charge in [0.15, 0.2) is 11.2 Å². The van der Waals surface area contributed by atoms with Crippen LogP contribution < -0.4 is 16.3 Å². The summed E-state index contributed by atoms with van der Waals surface area (Å²) >= 11 is 0. The summed E-state index contributed by atoms with van der Waals surface area (Å²) < 4.78 is 4.45. The Hall–Kier alpha value is -2.38. The lowest BCUT2D eigenvalue weighted by atomic mass is 10.1. The highest BCUT2D eigenvalue weighted by Gasteiger charge is 2.30. The molecule has 0 aromatic carbocycles. The van der Waals surface area contributed by atoms with Crippen LogP contribution in [0.5, 0.6) is 0 Å². The monoisotopic (exact) mass is 332 g/mol. The highest BCUT2D eigenvalue weighted by Crippen LogP contribution is 2.30. The van der Waals surface area contributed by atoms with Gasteiger partial charge in [0, 0.05) is 20.6 Å². The third-order valence-corrected chi connectivity index (χ3v) is 4.69. The van der Waals surface area contributed by atoms with Crippen molar-refractivity contribution in [2.24, 2.45) is 25.1 Å². The normalized spacial score (nSPS) is 17.5. The quantitative estimate of drug-likeness (QED) is 0.847. The van der Waals surface area contributed by atoms with Gasteiger partial charge in [-0.2, -0.15) is 10.1 Å². The van der Waals surface area contributed by atoms with Crippen molar-refractivity contribution in [2.75, 3.05) is 11.6 Å². The molecular weight excluding hydrogens is 308 g/mol. The molecule has 3 rings (SSSR count). The molecule has 130 valence electrons. The fourth-order valence-corrected chi connectivity index (χ4v) is 2.99. The van der Waals surface area contributed by atoms with Crippen molar-refractivity contribution in [1.29, 1.82) is 0 Å². The smallest absolute Gasteiger partial charge is 0.294 e. The van der Waals surface area contributed by atoms with Crippen molar-refractivity contribution in [3.8, 4) is 0 Å². The van der Waals surface area contributed by atoms with Crippen LogP contribution in [-0.2, 0) is 14.1 Å². The van der Waals surface area contributed by atoms with Crippen LogP contribution in [-0.4, -0.2) is 30.9 Å². The van der Waals surface area contributed by atoms with E-state index in [1.165, 1.54) is 11.6 Å². The summed E-state index contributed by atoms with van der Waals surface area (Å²) in [6.07, 6.45) is 0.964. The number of fused-ring (bicyclic) bond motifs is 3. The highest BCUT2D eigenvalue weighted by atomic mass is 16.2. The fourth-order valence-electron chi connectivity index (χ4n) is 2.99. The summed E-state index contributed by atoms with van der Waals surface area (Å²) in [4.78, 5) is 29.5. The summed E-state index contributed by atoms with van der Waals surface area (Å²) in [5, 5.41) is 6.49. The van der Waals surface area contributed by atoms with E-state index in [1.54, 1.807) is 7.05 Å². The molecule has 2 aromatic heterocycles. The molecule has 0 N–H and O–H groups in total. The number of rotatable bonds is 3. The maximum absolute atomic E-state index is 12.7. The Morgan fingerprint density at radius 1 is 1.17 bits per heavy atom. The molecule has 0 aliphatic carbocycles. The maximum Gasteiger partial charge on any atom is 0.332 e. The average molecular weight is 332 g/mol. The van der Waals surface area contributed by atoms with Gasteiger partial charge in [-0.1, -0.05) is 13.8 Å². The van der Waals surface area contributed by atoms with E-state index >= 15 is 0 Å². The number of hydrogen-bond acceptors (Lipinski definition) is 5. The molecule has 1 aliphatic rings. The first-order valence-electron chi connectivity index (χ1n) is 8.24. The van der Waals surface area contributed by atoms with Gasteiger partial charge in [-0.15, -0.1) is 0 Å². The molecule has 24 heavy (non-hydrogen) atoms. The van der Waals surface area contributed by atoms with E-state index in [-0.39, 0.29) is 17.3 Å². The van der Waals surface area contributed by atoms with E-state index in [0.717, 1.165) is 23.2 Å². The van der Waals surface area contributed by atoms with Crippen LogP contribution in [0.15, 0.2) is 14.7 Å². The third-order valence-electron chi connectivity index (χ3n) is 4.69. The standard InChI is InChI=1S/C16H24N6O2/c1-9(2)7-8-21-15-17-13-12(22(15)11(4)10(3)18-21)14(23)20(6)16(24)19(13)5/h9,11H,7-8H2,1-6H3/t11-/m0/s1. The molecule has 0 bridgehead atoms. The minimum Gasteiger partial charge on any atom is -0.294 e. The molecule has 2 aromatic rings. The van der Waals surface area contributed by atoms with Crippen molar-refractivity contribution < 1.29 is 0 Å². The molecule has 8 heteroatoms. The van der Waals surface area contributed by atoms with Crippen LogP contribution in [0.3, 0.4) is 0 Å². The second-order valence-corrected chi connectivity index (χ2v) is 6.88. The molecule has 0 radical (unpaired) electrons. The van der Waals surface area contributed by atoms with E-state index in [0.29, 0.717) is 23.0 Å². The summed E-state index contributed by atoms with van der Waals surface area (Å²) in [6.45, 7) is 8.98. The topological polar surface area (TPSA) is 77.4 Å². The summed E-state index contributed by atoms with van der Waals surface area (Å²) in [6, 6.07) is -0.0782. The van der Waals surface area contributed by atoms with Gasteiger partial charge in [0.2, 0.25) is 5.95 Å². The number of aromatic nitrogens is 4. The predicted octanol–water partition coefficient (Wildman–Crippen LogP) is 1.24. The lowest BCUT2D eigenvalue weighted by Gasteiger charge is -2.29. The Bertz CT molecular complexity index is 946. The van der Waals surface area contributed by atoms with E-state index in [2.05, 4.69) is 23.9 Å².